The number of aryl methyl sites for hydroxylation is 1. The average molecular weight is 525 g/mol. The maximum atomic E-state index is 13.1. The summed E-state index contributed by atoms with van der Waals surface area (Å²) in [5.74, 6) is 0.291. The largest absolute Gasteiger partial charge is 0.493 e. The van der Waals surface area contributed by atoms with Crippen LogP contribution < -0.4 is 19.7 Å². The number of para-hydroxylation sites is 2. The molecule has 0 spiro atoms. The summed E-state index contributed by atoms with van der Waals surface area (Å²) in [7, 11) is 1.51. The number of ether oxygens (including phenoxy) is 2. The van der Waals surface area contributed by atoms with E-state index in [-0.39, 0.29) is 18.4 Å². The van der Waals surface area contributed by atoms with E-state index in [1.807, 2.05) is 31.2 Å². The Hall–Kier alpha value is -3.33. The van der Waals surface area contributed by atoms with Crippen LogP contribution in [-0.2, 0) is 9.59 Å². The molecule has 35 heavy (non-hydrogen) atoms. The van der Waals surface area contributed by atoms with Crippen LogP contribution in [0.2, 0.25) is 5.02 Å². The fourth-order valence-corrected chi connectivity index (χ4v) is 4.89. The topological polar surface area (TPSA) is 67.9 Å². The van der Waals surface area contributed by atoms with Crippen LogP contribution in [0.1, 0.15) is 11.1 Å². The highest BCUT2D eigenvalue weighted by molar-refractivity contribution is 8.27. The van der Waals surface area contributed by atoms with Gasteiger partial charge in [0.15, 0.2) is 22.4 Å². The smallest absolute Gasteiger partial charge is 0.270 e. The minimum atomic E-state index is -0.357. The van der Waals surface area contributed by atoms with Crippen molar-refractivity contribution in [3.63, 3.8) is 0 Å². The van der Waals surface area contributed by atoms with Gasteiger partial charge in [-0.15, -0.1) is 0 Å². The third-order valence-electron chi connectivity index (χ3n) is 5.14. The number of anilines is 2. The number of hydrogen-bond donors (Lipinski definition) is 1. The molecule has 1 N–H and O–H groups in total. The van der Waals surface area contributed by atoms with Gasteiger partial charge in [-0.25, -0.2) is 0 Å². The number of thioether (sulfide) groups is 1. The molecule has 3 aromatic carbocycles. The number of carbonyl (C=O) groups is 2. The molecule has 0 radical (unpaired) electrons. The van der Waals surface area contributed by atoms with Crippen LogP contribution in [-0.4, -0.2) is 29.9 Å². The summed E-state index contributed by atoms with van der Waals surface area (Å²) < 4.78 is 11.6. The van der Waals surface area contributed by atoms with Gasteiger partial charge in [-0.05, 0) is 54.5 Å². The van der Waals surface area contributed by atoms with E-state index < -0.39 is 0 Å². The van der Waals surface area contributed by atoms with Crippen LogP contribution in [0.5, 0.6) is 11.5 Å². The van der Waals surface area contributed by atoms with Crippen LogP contribution in [0.4, 0.5) is 11.4 Å². The van der Waals surface area contributed by atoms with Gasteiger partial charge in [0, 0.05) is 0 Å². The lowest BCUT2D eigenvalue weighted by Gasteiger charge is -2.16. The molecule has 1 heterocycles. The van der Waals surface area contributed by atoms with Gasteiger partial charge in [0.2, 0.25) is 0 Å². The van der Waals surface area contributed by atoms with Crippen molar-refractivity contribution in [2.45, 2.75) is 6.92 Å². The van der Waals surface area contributed by atoms with Crippen molar-refractivity contribution in [2.75, 3.05) is 23.9 Å². The molecule has 3 aromatic rings. The summed E-state index contributed by atoms with van der Waals surface area (Å²) in [5.41, 5.74) is 2.98. The molecule has 9 heteroatoms. The predicted octanol–water partition coefficient (Wildman–Crippen LogP) is 6.08. The molecule has 1 fully saturated rings. The van der Waals surface area contributed by atoms with Gasteiger partial charge in [-0.2, -0.15) is 0 Å². The van der Waals surface area contributed by atoms with E-state index in [2.05, 4.69) is 5.32 Å². The van der Waals surface area contributed by atoms with Gasteiger partial charge in [0.25, 0.3) is 11.8 Å². The second-order valence-electron chi connectivity index (χ2n) is 7.53. The minimum Gasteiger partial charge on any atom is -0.493 e. The van der Waals surface area contributed by atoms with E-state index in [0.717, 1.165) is 16.8 Å². The van der Waals surface area contributed by atoms with Crippen molar-refractivity contribution in [1.29, 1.82) is 0 Å². The summed E-state index contributed by atoms with van der Waals surface area (Å²) in [4.78, 5) is 27.4. The molecule has 6 nitrogen and oxygen atoms in total. The molecule has 1 aliphatic rings. The maximum absolute atomic E-state index is 13.1. The van der Waals surface area contributed by atoms with Crippen molar-refractivity contribution < 1.29 is 19.1 Å². The molecule has 0 bridgehead atoms. The Labute approximate surface area is 217 Å². The van der Waals surface area contributed by atoms with E-state index in [1.165, 1.54) is 18.9 Å². The third-order valence-corrected chi connectivity index (χ3v) is 6.77. The average Bonchev–Trinajstić information content (AvgIpc) is 3.12. The fraction of sp³-hybridized carbons (Fsp3) is 0.115. The number of benzene rings is 3. The number of hydrogen-bond acceptors (Lipinski definition) is 6. The fourth-order valence-electron chi connectivity index (χ4n) is 3.43. The van der Waals surface area contributed by atoms with Gasteiger partial charge in [-0.3, -0.25) is 14.5 Å². The molecule has 0 unspecified atom stereocenters. The first-order chi connectivity index (χ1) is 16.9. The Bertz CT molecular complexity index is 1340. The predicted molar refractivity (Wildman–Crippen MR) is 145 cm³/mol. The summed E-state index contributed by atoms with van der Waals surface area (Å²) >= 11 is 12.8. The monoisotopic (exact) mass is 524 g/mol. The quantitative estimate of drug-likeness (QED) is 0.298. The molecule has 0 atom stereocenters. The molecule has 1 aliphatic heterocycles. The number of nitrogens with zero attached hydrogens (tertiary/aromatic N) is 1. The SMILES string of the molecule is COc1cc(/C=C2\SC(=S)N(c3ccccc3C)C2=O)ccc1OCC(=O)Nc1ccccc1Cl. The van der Waals surface area contributed by atoms with Gasteiger partial charge >= 0.3 is 0 Å². The molecule has 4 rings (SSSR count). The molecular formula is C26H21ClN2O4S2. The highest BCUT2D eigenvalue weighted by Gasteiger charge is 2.34. The second-order valence-corrected chi connectivity index (χ2v) is 9.61. The van der Waals surface area contributed by atoms with Gasteiger partial charge in [0.05, 0.1) is 28.4 Å². The van der Waals surface area contributed by atoms with E-state index >= 15 is 0 Å². The number of amides is 2. The first-order valence-electron chi connectivity index (χ1n) is 10.6. The van der Waals surface area contributed by atoms with Crippen molar-refractivity contribution in [3.05, 3.63) is 87.8 Å². The van der Waals surface area contributed by atoms with E-state index in [0.29, 0.717) is 31.4 Å². The third kappa shape index (κ3) is 5.67. The summed E-state index contributed by atoms with van der Waals surface area (Å²) in [5, 5.41) is 3.15. The number of carbonyl (C=O) groups excluding carboxylic acids is 2. The lowest BCUT2D eigenvalue weighted by molar-refractivity contribution is -0.118. The van der Waals surface area contributed by atoms with Crippen LogP contribution in [0.3, 0.4) is 0 Å². The lowest BCUT2D eigenvalue weighted by atomic mass is 10.1. The number of nitrogens with one attached hydrogen (secondary N) is 1. The van der Waals surface area contributed by atoms with Gasteiger partial charge in [0.1, 0.15) is 0 Å². The van der Waals surface area contributed by atoms with Crippen molar-refractivity contribution in [2.24, 2.45) is 0 Å². The number of rotatable bonds is 7. The molecular weight excluding hydrogens is 504 g/mol. The van der Waals surface area contributed by atoms with Crippen molar-refractivity contribution >= 4 is 69.2 Å². The maximum Gasteiger partial charge on any atom is 0.270 e. The van der Waals surface area contributed by atoms with Crippen molar-refractivity contribution in [1.82, 2.24) is 0 Å². The minimum absolute atomic E-state index is 0.176. The highest BCUT2D eigenvalue weighted by atomic mass is 35.5. The second kappa shape index (κ2) is 10.9. The Kier molecular flexibility index (Phi) is 7.75. The summed E-state index contributed by atoms with van der Waals surface area (Å²) in [6.45, 7) is 1.71. The van der Waals surface area contributed by atoms with Crippen LogP contribution >= 0.6 is 35.6 Å². The van der Waals surface area contributed by atoms with Crippen LogP contribution in [0, 0.1) is 6.92 Å². The standard InChI is InChI=1S/C26H21ClN2O4S2/c1-16-7-3-6-10-20(16)29-25(31)23(35-26(29)34)14-17-11-12-21(22(13-17)32-2)33-15-24(30)28-19-9-5-4-8-18(19)27/h3-14H,15H2,1-2H3,(H,28,30)/b23-14-. The normalized spacial score (nSPS) is 14.4. The lowest BCUT2D eigenvalue weighted by Crippen LogP contribution is -2.28. The first kappa shape index (κ1) is 24.8. The Balaban J connectivity index is 1.47. The van der Waals surface area contributed by atoms with Crippen LogP contribution in [0.25, 0.3) is 6.08 Å². The number of halogens is 1. The van der Waals surface area contributed by atoms with Crippen molar-refractivity contribution in [3.8, 4) is 11.5 Å². The van der Waals surface area contributed by atoms with E-state index in [4.69, 9.17) is 33.3 Å². The number of thiocarbonyl (C=S) groups is 1. The van der Waals surface area contributed by atoms with Crippen LogP contribution in [0.15, 0.2) is 71.6 Å². The molecule has 0 saturated carbocycles. The summed E-state index contributed by atoms with van der Waals surface area (Å²) in [6.07, 6.45) is 1.76. The summed E-state index contributed by atoms with van der Waals surface area (Å²) in [6, 6.07) is 19.8. The van der Waals surface area contributed by atoms with Gasteiger partial charge < -0.3 is 14.8 Å². The zero-order valence-corrected chi connectivity index (χ0v) is 21.3. The first-order valence-corrected chi connectivity index (χ1v) is 12.2. The van der Waals surface area contributed by atoms with Gasteiger partial charge in [-0.1, -0.05) is 72.0 Å². The zero-order chi connectivity index (χ0) is 24.9. The molecule has 2 amide bonds. The van der Waals surface area contributed by atoms with E-state index in [9.17, 15) is 9.59 Å². The Morgan fingerprint density at radius 1 is 1.11 bits per heavy atom. The molecule has 0 aliphatic carbocycles. The zero-order valence-electron chi connectivity index (χ0n) is 18.9. The highest BCUT2D eigenvalue weighted by Crippen LogP contribution is 2.38. The Morgan fingerprint density at radius 2 is 1.86 bits per heavy atom. The molecule has 1 saturated heterocycles. The van der Waals surface area contributed by atoms with E-state index in [1.54, 1.807) is 53.4 Å². The Morgan fingerprint density at radius 3 is 2.60 bits per heavy atom. The number of methoxy groups -OCH3 is 1. The molecule has 178 valence electrons. The molecule has 0 aromatic heterocycles.